The summed E-state index contributed by atoms with van der Waals surface area (Å²) in [6.07, 6.45) is 0. The Kier molecular flexibility index (Phi) is 3.43. The van der Waals surface area contributed by atoms with E-state index in [1.54, 1.807) is 0 Å². The van der Waals surface area contributed by atoms with Gasteiger partial charge in [0, 0.05) is 26.2 Å². The number of hydrogen-bond donors (Lipinski definition) is 0. The van der Waals surface area contributed by atoms with Crippen molar-refractivity contribution in [2.24, 2.45) is 0 Å². The molecule has 2 heteroatoms. The van der Waals surface area contributed by atoms with Crippen LogP contribution < -0.4 is 0 Å². The highest BCUT2D eigenvalue weighted by atomic mass is 79.9. The zero-order valence-electron chi connectivity index (χ0n) is 16.3. The van der Waals surface area contributed by atoms with E-state index in [-0.39, 0.29) is 5.41 Å². The fourth-order valence-electron chi connectivity index (χ4n) is 4.85. The Hall–Kier alpha value is -2.84. The predicted octanol–water partition coefficient (Wildman–Crippen LogP) is 8.32. The Labute approximate surface area is 178 Å². The second-order valence-corrected chi connectivity index (χ2v) is 9.27. The highest BCUT2D eigenvalue weighted by Gasteiger charge is 2.35. The largest absolute Gasteiger partial charge is 0.455 e. The quantitative estimate of drug-likeness (QED) is 0.256. The maximum Gasteiger partial charge on any atom is 0.143 e. The van der Waals surface area contributed by atoms with Gasteiger partial charge in [0.1, 0.15) is 11.2 Å². The normalized spacial score (nSPS) is 14.3. The standard InChI is InChI=1S/C27H19BrO/c1-27(2)23-14-16(10-12-19(23)20-13-11-17(28)15-24(20)27)18-7-5-8-22-21-6-3-4-9-25(21)29-26(18)22/h3-15H,1-2H3. The maximum atomic E-state index is 6.28. The molecule has 0 fully saturated rings. The lowest BCUT2D eigenvalue weighted by molar-refractivity contribution is 0.659. The van der Waals surface area contributed by atoms with Gasteiger partial charge < -0.3 is 4.42 Å². The maximum absolute atomic E-state index is 6.28. The van der Waals surface area contributed by atoms with Crippen molar-refractivity contribution in [2.45, 2.75) is 19.3 Å². The number of rotatable bonds is 1. The molecule has 1 heterocycles. The first-order chi connectivity index (χ1) is 14.0. The molecule has 1 nitrogen and oxygen atoms in total. The SMILES string of the molecule is CC1(C)c2cc(Br)ccc2-c2ccc(-c3cccc4c3oc3ccccc34)cc21. The van der Waals surface area contributed by atoms with Gasteiger partial charge in [-0.25, -0.2) is 0 Å². The Balaban J connectivity index is 1.60. The molecule has 4 aromatic carbocycles. The van der Waals surface area contributed by atoms with Crippen molar-refractivity contribution in [3.63, 3.8) is 0 Å². The molecule has 0 saturated heterocycles. The first kappa shape index (κ1) is 17.1. The summed E-state index contributed by atoms with van der Waals surface area (Å²) >= 11 is 3.64. The molecule has 5 aromatic rings. The zero-order chi connectivity index (χ0) is 19.8. The molecule has 1 aliphatic rings. The topological polar surface area (TPSA) is 13.1 Å². The number of fused-ring (bicyclic) bond motifs is 6. The summed E-state index contributed by atoms with van der Waals surface area (Å²) in [5, 5.41) is 2.34. The average molecular weight is 439 g/mol. The van der Waals surface area contributed by atoms with E-state index in [9.17, 15) is 0 Å². The van der Waals surface area contributed by atoms with Gasteiger partial charge in [0.2, 0.25) is 0 Å². The van der Waals surface area contributed by atoms with Crippen LogP contribution in [-0.4, -0.2) is 0 Å². The summed E-state index contributed by atoms with van der Waals surface area (Å²) in [4.78, 5) is 0. The Bertz CT molecular complexity index is 1440. The van der Waals surface area contributed by atoms with E-state index in [2.05, 4.69) is 96.5 Å². The third-order valence-corrected chi connectivity index (χ3v) is 6.85. The summed E-state index contributed by atoms with van der Waals surface area (Å²) in [6.45, 7) is 4.63. The van der Waals surface area contributed by atoms with E-state index in [1.807, 2.05) is 12.1 Å². The molecule has 0 radical (unpaired) electrons. The number of furan rings is 1. The molecule has 0 amide bonds. The van der Waals surface area contributed by atoms with Crippen molar-refractivity contribution < 1.29 is 4.42 Å². The van der Waals surface area contributed by atoms with Crippen molar-refractivity contribution in [3.05, 3.63) is 94.5 Å². The Morgan fingerprint density at radius 3 is 2.28 bits per heavy atom. The highest BCUT2D eigenvalue weighted by molar-refractivity contribution is 9.10. The molecule has 6 rings (SSSR count). The smallest absolute Gasteiger partial charge is 0.143 e. The third kappa shape index (κ3) is 2.33. The number of para-hydroxylation sites is 2. The van der Waals surface area contributed by atoms with Gasteiger partial charge in [0.15, 0.2) is 0 Å². The van der Waals surface area contributed by atoms with Crippen LogP contribution >= 0.6 is 15.9 Å². The number of halogens is 1. The Morgan fingerprint density at radius 1 is 0.690 bits per heavy atom. The van der Waals surface area contributed by atoms with Crippen LogP contribution in [0.25, 0.3) is 44.2 Å². The van der Waals surface area contributed by atoms with Gasteiger partial charge in [-0.15, -0.1) is 0 Å². The van der Waals surface area contributed by atoms with E-state index < -0.39 is 0 Å². The molecular weight excluding hydrogens is 420 g/mol. The molecule has 0 N–H and O–H groups in total. The van der Waals surface area contributed by atoms with Crippen molar-refractivity contribution >= 4 is 37.9 Å². The predicted molar refractivity (Wildman–Crippen MR) is 124 cm³/mol. The molecule has 0 bridgehead atoms. The van der Waals surface area contributed by atoms with Gasteiger partial charge in [-0.3, -0.25) is 0 Å². The lowest BCUT2D eigenvalue weighted by atomic mass is 9.81. The molecule has 1 aromatic heterocycles. The van der Waals surface area contributed by atoms with E-state index in [1.165, 1.54) is 38.6 Å². The van der Waals surface area contributed by atoms with Crippen LogP contribution in [0.1, 0.15) is 25.0 Å². The third-order valence-electron chi connectivity index (χ3n) is 6.35. The monoisotopic (exact) mass is 438 g/mol. The summed E-state index contributed by atoms with van der Waals surface area (Å²) < 4.78 is 7.41. The van der Waals surface area contributed by atoms with E-state index in [0.717, 1.165) is 21.2 Å². The van der Waals surface area contributed by atoms with Gasteiger partial charge in [-0.05, 0) is 52.1 Å². The lowest BCUT2D eigenvalue weighted by Gasteiger charge is -2.22. The molecule has 0 aliphatic heterocycles. The minimum absolute atomic E-state index is 0.0355. The van der Waals surface area contributed by atoms with Crippen LogP contribution in [0.15, 0.2) is 87.8 Å². The van der Waals surface area contributed by atoms with E-state index in [4.69, 9.17) is 4.42 Å². The van der Waals surface area contributed by atoms with Crippen LogP contribution in [0.4, 0.5) is 0 Å². The van der Waals surface area contributed by atoms with Crippen LogP contribution in [0.3, 0.4) is 0 Å². The van der Waals surface area contributed by atoms with Crippen LogP contribution in [-0.2, 0) is 5.41 Å². The average Bonchev–Trinajstić information content (AvgIpc) is 3.21. The van der Waals surface area contributed by atoms with E-state index in [0.29, 0.717) is 0 Å². The highest BCUT2D eigenvalue weighted by Crippen LogP contribution is 2.50. The summed E-state index contributed by atoms with van der Waals surface area (Å²) in [5.74, 6) is 0. The van der Waals surface area contributed by atoms with Crippen molar-refractivity contribution in [3.8, 4) is 22.3 Å². The summed E-state index contributed by atoms with van der Waals surface area (Å²) in [6, 6.07) is 28.2. The van der Waals surface area contributed by atoms with Gasteiger partial charge >= 0.3 is 0 Å². The van der Waals surface area contributed by atoms with Gasteiger partial charge in [0.25, 0.3) is 0 Å². The fraction of sp³-hybridized carbons (Fsp3) is 0.111. The zero-order valence-corrected chi connectivity index (χ0v) is 17.9. The lowest BCUT2D eigenvalue weighted by Crippen LogP contribution is -2.15. The second-order valence-electron chi connectivity index (χ2n) is 8.36. The summed E-state index contributed by atoms with van der Waals surface area (Å²) in [5.41, 5.74) is 9.63. The number of hydrogen-bond acceptors (Lipinski definition) is 1. The molecule has 0 saturated carbocycles. The molecule has 0 unspecified atom stereocenters. The molecule has 0 spiro atoms. The Morgan fingerprint density at radius 2 is 1.41 bits per heavy atom. The van der Waals surface area contributed by atoms with Crippen LogP contribution in [0.5, 0.6) is 0 Å². The minimum atomic E-state index is -0.0355. The number of benzene rings is 4. The fourth-order valence-corrected chi connectivity index (χ4v) is 5.21. The molecule has 140 valence electrons. The van der Waals surface area contributed by atoms with Crippen molar-refractivity contribution in [1.82, 2.24) is 0 Å². The van der Waals surface area contributed by atoms with Crippen LogP contribution in [0, 0.1) is 0 Å². The van der Waals surface area contributed by atoms with Crippen LogP contribution in [0.2, 0.25) is 0 Å². The molecule has 0 atom stereocenters. The first-order valence-electron chi connectivity index (χ1n) is 9.89. The second kappa shape index (κ2) is 5.84. The molecule has 29 heavy (non-hydrogen) atoms. The summed E-state index contributed by atoms with van der Waals surface area (Å²) in [7, 11) is 0. The van der Waals surface area contributed by atoms with Gasteiger partial charge in [-0.1, -0.05) is 84.4 Å². The molecular formula is C27H19BrO. The first-order valence-corrected chi connectivity index (χ1v) is 10.7. The minimum Gasteiger partial charge on any atom is -0.455 e. The van der Waals surface area contributed by atoms with Gasteiger partial charge in [-0.2, -0.15) is 0 Å². The van der Waals surface area contributed by atoms with E-state index >= 15 is 0 Å². The van der Waals surface area contributed by atoms with Gasteiger partial charge in [0.05, 0.1) is 0 Å². The molecule has 1 aliphatic carbocycles. The van der Waals surface area contributed by atoms with Crippen molar-refractivity contribution in [1.29, 1.82) is 0 Å². The van der Waals surface area contributed by atoms with Crippen molar-refractivity contribution in [2.75, 3.05) is 0 Å².